The average molecular weight is 446 g/mol. The van der Waals surface area contributed by atoms with Crippen molar-refractivity contribution >= 4 is 16.7 Å². The number of rotatable bonds is 5. The number of anilines is 1. The van der Waals surface area contributed by atoms with E-state index in [2.05, 4.69) is 20.3 Å². The van der Waals surface area contributed by atoms with Crippen LogP contribution in [0.25, 0.3) is 33.4 Å². The highest BCUT2D eigenvalue weighted by molar-refractivity contribution is 5.98. The van der Waals surface area contributed by atoms with Crippen LogP contribution < -0.4 is 10.1 Å². The Hall–Kier alpha value is -3.82. The summed E-state index contributed by atoms with van der Waals surface area (Å²) in [4.78, 5) is 12.7. The SMILES string of the molecule is COc1cc(-c2cc(F)ccc2F)cc2c(NCC(F)(F)F)nc(-c3cccnc3)nc12. The first-order chi connectivity index (χ1) is 15.2. The Labute approximate surface area is 178 Å². The van der Waals surface area contributed by atoms with Crippen molar-refractivity contribution in [2.45, 2.75) is 6.18 Å². The number of pyridine rings is 1. The van der Waals surface area contributed by atoms with E-state index in [9.17, 15) is 22.0 Å². The number of hydrogen-bond donors (Lipinski definition) is 1. The molecule has 10 heteroatoms. The zero-order valence-corrected chi connectivity index (χ0v) is 16.5. The molecule has 0 atom stereocenters. The van der Waals surface area contributed by atoms with Gasteiger partial charge in [0.2, 0.25) is 0 Å². The Morgan fingerprint density at radius 3 is 2.50 bits per heavy atom. The van der Waals surface area contributed by atoms with Crippen molar-refractivity contribution in [3.05, 3.63) is 66.5 Å². The second-order valence-electron chi connectivity index (χ2n) is 6.81. The Morgan fingerprint density at radius 1 is 1.00 bits per heavy atom. The molecule has 164 valence electrons. The van der Waals surface area contributed by atoms with Gasteiger partial charge in [0.1, 0.15) is 35.3 Å². The van der Waals surface area contributed by atoms with Crippen molar-refractivity contribution in [2.24, 2.45) is 0 Å². The second-order valence-corrected chi connectivity index (χ2v) is 6.81. The van der Waals surface area contributed by atoms with Crippen LogP contribution in [0.1, 0.15) is 0 Å². The topological polar surface area (TPSA) is 59.9 Å². The fourth-order valence-electron chi connectivity index (χ4n) is 3.17. The van der Waals surface area contributed by atoms with Gasteiger partial charge in [-0.1, -0.05) is 0 Å². The van der Waals surface area contributed by atoms with Gasteiger partial charge in [0, 0.05) is 28.9 Å². The molecule has 0 aliphatic heterocycles. The first kappa shape index (κ1) is 21.4. The smallest absolute Gasteiger partial charge is 0.405 e. The first-order valence-corrected chi connectivity index (χ1v) is 9.31. The standard InChI is InChI=1S/C22H15F5N4O/c1-32-18-8-13(15-9-14(23)4-5-17(15)24)7-16-19(18)30-20(12-3-2-6-28-10-12)31-21(16)29-11-22(25,26)27/h2-10H,11H2,1H3,(H,29,30,31). The zero-order valence-electron chi connectivity index (χ0n) is 16.5. The fraction of sp³-hybridized carbons (Fsp3) is 0.136. The van der Waals surface area contributed by atoms with Crippen LogP contribution in [0, 0.1) is 11.6 Å². The van der Waals surface area contributed by atoms with E-state index >= 15 is 0 Å². The Balaban J connectivity index is 1.97. The number of fused-ring (bicyclic) bond motifs is 1. The Morgan fingerprint density at radius 2 is 1.81 bits per heavy atom. The molecule has 0 aliphatic carbocycles. The van der Waals surface area contributed by atoms with Crippen molar-refractivity contribution in [2.75, 3.05) is 19.0 Å². The maximum atomic E-state index is 14.4. The highest BCUT2D eigenvalue weighted by atomic mass is 19.4. The lowest BCUT2D eigenvalue weighted by Gasteiger charge is -2.16. The highest BCUT2D eigenvalue weighted by Gasteiger charge is 2.28. The number of methoxy groups -OCH3 is 1. The quantitative estimate of drug-likeness (QED) is 0.403. The molecule has 0 saturated heterocycles. The van der Waals surface area contributed by atoms with Gasteiger partial charge in [0.25, 0.3) is 0 Å². The predicted octanol–water partition coefficient (Wildman–Crippen LogP) is 5.62. The van der Waals surface area contributed by atoms with Gasteiger partial charge >= 0.3 is 6.18 Å². The third kappa shape index (κ3) is 4.43. The molecular weight excluding hydrogens is 431 g/mol. The van der Waals surface area contributed by atoms with E-state index in [0.717, 1.165) is 18.2 Å². The molecule has 32 heavy (non-hydrogen) atoms. The number of alkyl halides is 3. The maximum absolute atomic E-state index is 14.4. The van der Waals surface area contributed by atoms with Crippen molar-refractivity contribution in [1.29, 1.82) is 0 Å². The van der Waals surface area contributed by atoms with Gasteiger partial charge in [-0.3, -0.25) is 4.98 Å². The Kier molecular flexibility index (Phi) is 5.60. The van der Waals surface area contributed by atoms with Gasteiger partial charge in [-0.2, -0.15) is 13.2 Å². The predicted molar refractivity (Wildman–Crippen MR) is 109 cm³/mol. The first-order valence-electron chi connectivity index (χ1n) is 9.31. The third-order valence-corrected chi connectivity index (χ3v) is 4.60. The molecule has 0 aliphatic rings. The number of aromatic nitrogens is 3. The number of ether oxygens (including phenoxy) is 1. The summed E-state index contributed by atoms with van der Waals surface area (Å²) in [6.45, 7) is -1.35. The summed E-state index contributed by atoms with van der Waals surface area (Å²) in [5.41, 5.74) is 0.792. The van der Waals surface area contributed by atoms with Crippen LogP contribution in [0.2, 0.25) is 0 Å². The summed E-state index contributed by atoms with van der Waals surface area (Å²) in [6, 6.07) is 9.05. The average Bonchev–Trinajstić information content (AvgIpc) is 2.78. The molecule has 0 amide bonds. The van der Waals surface area contributed by atoms with Crippen LogP contribution in [0.15, 0.2) is 54.9 Å². The molecule has 0 radical (unpaired) electrons. The van der Waals surface area contributed by atoms with Gasteiger partial charge in [-0.25, -0.2) is 18.7 Å². The molecule has 0 fully saturated rings. The van der Waals surface area contributed by atoms with E-state index in [0.29, 0.717) is 5.56 Å². The lowest BCUT2D eigenvalue weighted by Crippen LogP contribution is -2.22. The molecule has 1 N–H and O–H groups in total. The zero-order chi connectivity index (χ0) is 22.9. The molecule has 2 heterocycles. The van der Waals surface area contributed by atoms with Crippen LogP contribution >= 0.6 is 0 Å². The summed E-state index contributed by atoms with van der Waals surface area (Å²) in [6.07, 6.45) is -1.51. The van der Waals surface area contributed by atoms with Gasteiger partial charge < -0.3 is 10.1 Å². The molecule has 0 saturated carbocycles. The molecule has 0 bridgehead atoms. The van der Waals surface area contributed by atoms with E-state index in [4.69, 9.17) is 4.74 Å². The minimum Gasteiger partial charge on any atom is -0.494 e. The largest absolute Gasteiger partial charge is 0.494 e. The molecule has 0 spiro atoms. The molecule has 5 nitrogen and oxygen atoms in total. The van der Waals surface area contributed by atoms with Crippen LogP contribution in [0.5, 0.6) is 5.75 Å². The number of nitrogens with one attached hydrogen (secondary N) is 1. The van der Waals surface area contributed by atoms with E-state index < -0.39 is 24.4 Å². The van der Waals surface area contributed by atoms with Crippen LogP contribution in [-0.2, 0) is 0 Å². The number of nitrogens with zero attached hydrogens (tertiary/aromatic N) is 3. The van der Waals surface area contributed by atoms with E-state index in [1.54, 1.807) is 12.1 Å². The van der Waals surface area contributed by atoms with Crippen molar-refractivity contribution < 1.29 is 26.7 Å². The molecule has 0 unspecified atom stereocenters. The van der Waals surface area contributed by atoms with Gasteiger partial charge in [-0.15, -0.1) is 0 Å². The second kappa shape index (κ2) is 8.37. The summed E-state index contributed by atoms with van der Waals surface area (Å²) in [7, 11) is 1.34. The summed E-state index contributed by atoms with van der Waals surface area (Å²) >= 11 is 0. The number of benzene rings is 2. The molecular formula is C22H15F5N4O. The normalized spacial score (nSPS) is 11.6. The van der Waals surface area contributed by atoms with E-state index in [-0.39, 0.29) is 39.4 Å². The van der Waals surface area contributed by atoms with E-state index in [1.807, 2.05) is 0 Å². The fourth-order valence-corrected chi connectivity index (χ4v) is 3.17. The summed E-state index contributed by atoms with van der Waals surface area (Å²) in [5, 5.41) is 2.43. The minimum atomic E-state index is -4.51. The lowest BCUT2D eigenvalue weighted by molar-refractivity contribution is -0.115. The summed E-state index contributed by atoms with van der Waals surface area (Å²) < 4.78 is 72.2. The van der Waals surface area contributed by atoms with E-state index in [1.165, 1.54) is 31.6 Å². The minimum absolute atomic E-state index is 0.0803. The highest BCUT2D eigenvalue weighted by Crippen LogP contribution is 2.37. The van der Waals surface area contributed by atoms with Crippen LogP contribution in [-0.4, -0.2) is 34.8 Å². The van der Waals surface area contributed by atoms with Crippen LogP contribution in [0.3, 0.4) is 0 Å². The van der Waals surface area contributed by atoms with Crippen molar-refractivity contribution in [1.82, 2.24) is 15.0 Å². The molecule has 4 aromatic rings. The van der Waals surface area contributed by atoms with Gasteiger partial charge in [0.15, 0.2) is 5.82 Å². The van der Waals surface area contributed by atoms with Crippen LogP contribution in [0.4, 0.5) is 27.8 Å². The number of halogens is 5. The lowest BCUT2D eigenvalue weighted by atomic mass is 10.0. The van der Waals surface area contributed by atoms with Gasteiger partial charge in [-0.05, 0) is 48.0 Å². The molecule has 4 rings (SSSR count). The monoisotopic (exact) mass is 446 g/mol. The number of hydrogen-bond acceptors (Lipinski definition) is 5. The maximum Gasteiger partial charge on any atom is 0.405 e. The Bertz CT molecular complexity index is 1280. The third-order valence-electron chi connectivity index (χ3n) is 4.60. The van der Waals surface area contributed by atoms with Gasteiger partial charge in [0.05, 0.1) is 7.11 Å². The summed E-state index contributed by atoms with van der Waals surface area (Å²) in [5.74, 6) is -1.23. The molecule has 2 aromatic carbocycles. The van der Waals surface area contributed by atoms with Crippen molar-refractivity contribution in [3.63, 3.8) is 0 Å². The van der Waals surface area contributed by atoms with Crippen molar-refractivity contribution in [3.8, 4) is 28.3 Å². The molecule has 2 aromatic heterocycles.